The highest BCUT2D eigenvalue weighted by molar-refractivity contribution is 9.10. The molecule has 0 fully saturated rings. The Bertz CT molecular complexity index is 579. The average Bonchev–Trinajstić information content (AvgIpc) is 2.17. The minimum absolute atomic E-state index is 0.0589. The summed E-state index contributed by atoms with van der Waals surface area (Å²) in [5.74, 6) is 0.649. The van der Waals surface area contributed by atoms with Crippen LogP contribution in [0.3, 0.4) is 0 Å². The minimum atomic E-state index is -3.72. The Morgan fingerprint density at radius 3 is 2.16 bits per heavy atom. The van der Waals surface area contributed by atoms with Crippen LogP contribution in [0.25, 0.3) is 0 Å². The molecule has 0 atom stereocenters. The van der Waals surface area contributed by atoms with E-state index in [-0.39, 0.29) is 9.93 Å². The summed E-state index contributed by atoms with van der Waals surface area (Å²) < 4.78 is 29.2. The zero-order chi connectivity index (χ0) is 15.1. The van der Waals surface area contributed by atoms with Crippen LogP contribution in [0, 0.1) is 0 Å². The van der Waals surface area contributed by atoms with Gasteiger partial charge in [0.1, 0.15) is 5.75 Å². The standard InChI is InChI=1S/C12H18BrClO3SSi/c1-12(2,3)19(4,5)17-11-7-6-9(8-10(11)13)18(14,15)16/h6-8H,1-5H3. The highest BCUT2D eigenvalue weighted by Crippen LogP contribution is 2.39. The molecule has 1 aromatic rings. The van der Waals surface area contributed by atoms with Gasteiger partial charge in [0.05, 0.1) is 9.37 Å². The fraction of sp³-hybridized carbons (Fsp3) is 0.500. The van der Waals surface area contributed by atoms with Gasteiger partial charge in [-0.15, -0.1) is 0 Å². The molecule has 0 spiro atoms. The second-order valence-corrected chi connectivity index (χ2v) is 14.0. The van der Waals surface area contributed by atoms with Gasteiger partial charge in [-0.05, 0) is 52.3 Å². The summed E-state index contributed by atoms with van der Waals surface area (Å²) in [7, 11) is -0.361. The highest BCUT2D eigenvalue weighted by Gasteiger charge is 2.39. The van der Waals surface area contributed by atoms with Crippen molar-refractivity contribution < 1.29 is 12.8 Å². The van der Waals surface area contributed by atoms with Crippen molar-refractivity contribution in [2.45, 2.75) is 43.8 Å². The third-order valence-electron chi connectivity index (χ3n) is 3.36. The van der Waals surface area contributed by atoms with E-state index in [1.54, 1.807) is 6.07 Å². The number of halogens is 2. The molecule has 0 aliphatic heterocycles. The number of hydrogen-bond acceptors (Lipinski definition) is 3. The molecular weight excluding hydrogens is 368 g/mol. The summed E-state index contributed by atoms with van der Waals surface area (Å²) in [4.78, 5) is 0.0589. The first-order valence-electron chi connectivity index (χ1n) is 5.78. The van der Waals surface area contributed by atoms with Crippen molar-refractivity contribution in [3.05, 3.63) is 22.7 Å². The van der Waals surface area contributed by atoms with Crippen LogP contribution >= 0.6 is 26.6 Å². The first kappa shape index (κ1) is 17.0. The average molecular weight is 386 g/mol. The van der Waals surface area contributed by atoms with Crippen LogP contribution in [0.15, 0.2) is 27.6 Å². The van der Waals surface area contributed by atoms with E-state index >= 15 is 0 Å². The van der Waals surface area contributed by atoms with E-state index in [2.05, 4.69) is 49.8 Å². The van der Waals surface area contributed by atoms with Crippen LogP contribution in [-0.2, 0) is 9.05 Å². The zero-order valence-corrected chi connectivity index (χ0v) is 15.8. The third-order valence-corrected chi connectivity index (χ3v) is 9.67. The van der Waals surface area contributed by atoms with Crippen molar-refractivity contribution in [2.75, 3.05) is 0 Å². The normalized spacial score (nSPS) is 13.4. The van der Waals surface area contributed by atoms with Crippen LogP contribution in [0.5, 0.6) is 5.75 Å². The fourth-order valence-corrected chi connectivity index (χ4v) is 3.72. The molecule has 0 aliphatic rings. The maximum Gasteiger partial charge on any atom is 0.261 e. The van der Waals surface area contributed by atoms with Gasteiger partial charge in [0, 0.05) is 10.7 Å². The molecule has 0 amide bonds. The minimum Gasteiger partial charge on any atom is -0.543 e. The zero-order valence-electron chi connectivity index (χ0n) is 11.6. The van der Waals surface area contributed by atoms with Gasteiger partial charge >= 0.3 is 0 Å². The van der Waals surface area contributed by atoms with Gasteiger partial charge in [0.15, 0.2) is 0 Å². The lowest BCUT2D eigenvalue weighted by Crippen LogP contribution is -2.43. The van der Waals surface area contributed by atoms with Crippen molar-refractivity contribution in [3.63, 3.8) is 0 Å². The summed E-state index contributed by atoms with van der Waals surface area (Å²) in [6.45, 7) is 10.7. The Labute approximate surface area is 129 Å². The molecule has 3 nitrogen and oxygen atoms in total. The molecule has 108 valence electrons. The smallest absolute Gasteiger partial charge is 0.261 e. The maximum atomic E-state index is 11.3. The van der Waals surface area contributed by atoms with Gasteiger partial charge in [-0.3, -0.25) is 0 Å². The number of hydrogen-bond donors (Lipinski definition) is 0. The van der Waals surface area contributed by atoms with Crippen LogP contribution in [0.2, 0.25) is 18.1 Å². The molecule has 0 heterocycles. The summed E-state index contributed by atoms with van der Waals surface area (Å²) in [5.41, 5.74) is 0. The summed E-state index contributed by atoms with van der Waals surface area (Å²) >= 11 is 3.33. The second-order valence-electron chi connectivity index (χ2n) is 5.89. The van der Waals surface area contributed by atoms with Gasteiger partial charge in [0.2, 0.25) is 0 Å². The van der Waals surface area contributed by atoms with E-state index in [9.17, 15) is 8.42 Å². The van der Waals surface area contributed by atoms with Crippen LogP contribution in [0.4, 0.5) is 0 Å². The van der Waals surface area contributed by atoms with Crippen molar-refractivity contribution in [3.8, 4) is 5.75 Å². The fourth-order valence-electron chi connectivity index (χ4n) is 1.14. The molecule has 7 heteroatoms. The van der Waals surface area contributed by atoms with E-state index < -0.39 is 17.4 Å². The molecule has 0 aromatic heterocycles. The Morgan fingerprint density at radius 1 is 1.26 bits per heavy atom. The topological polar surface area (TPSA) is 43.4 Å². The van der Waals surface area contributed by atoms with Gasteiger partial charge in [-0.25, -0.2) is 8.42 Å². The van der Waals surface area contributed by atoms with Crippen LogP contribution in [0.1, 0.15) is 20.8 Å². The van der Waals surface area contributed by atoms with Crippen molar-refractivity contribution in [2.24, 2.45) is 0 Å². The number of rotatable bonds is 3. The SMILES string of the molecule is CC(C)(C)[Si](C)(C)Oc1ccc(S(=O)(=O)Cl)cc1Br. The Hall–Kier alpha value is -0.0431. The molecule has 0 N–H and O–H groups in total. The monoisotopic (exact) mass is 384 g/mol. The summed E-state index contributed by atoms with van der Waals surface area (Å²) in [5, 5.41) is 0.0731. The maximum absolute atomic E-state index is 11.3. The predicted molar refractivity (Wildman–Crippen MR) is 85.0 cm³/mol. The third kappa shape index (κ3) is 4.21. The largest absolute Gasteiger partial charge is 0.543 e. The molecule has 0 saturated carbocycles. The van der Waals surface area contributed by atoms with Gasteiger partial charge in [0.25, 0.3) is 17.4 Å². The second kappa shape index (κ2) is 5.39. The van der Waals surface area contributed by atoms with Gasteiger partial charge < -0.3 is 4.43 Å². The lowest BCUT2D eigenvalue weighted by Gasteiger charge is -2.36. The van der Waals surface area contributed by atoms with Crippen molar-refractivity contribution in [1.29, 1.82) is 0 Å². The molecule has 1 aromatic carbocycles. The number of benzene rings is 1. The first-order chi connectivity index (χ1) is 8.34. The molecule has 0 unspecified atom stereocenters. The van der Waals surface area contributed by atoms with E-state index in [1.165, 1.54) is 12.1 Å². The van der Waals surface area contributed by atoms with Crippen molar-refractivity contribution >= 4 is 44.0 Å². The Kier molecular flexibility index (Phi) is 4.82. The van der Waals surface area contributed by atoms with Gasteiger partial charge in [-0.2, -0.15) is 0 Å². The molecule has 0 saturated heterocycles. The highest BCUT2D eigenvalue weighted by atomic mass is 79.9. The van der Waals surface area contributed by atoms with E-state index in [0.717, 1.165) is 0 Å². The molecule has 0 aliphatic carbocycles. The van der Waals surface area contributed by atoms with Crippen molar-refractivity contribution in [1.82, 2.24) is 0 Å². The van der Waals surface area contributed by atoms with Crippen LogP contribution in [-0.4, -0.2) is 16.7 Å². The van der Waals surface area contributed by atoms with Gasteiger partial charge in [-0.1, -0.05) is 20.8 Å². The summed E-state index contributed by atoms with van der Waals surface area (Å²) in [6.07, 6.45) is 0. The first-order valence-corrected chi connectivity index (χ1v) is 11.8. The Morgan fingerprint density at radius 2 is 1.79 bits per heavy atom. The lowest BCUT2D eigenvalue weighted by molar-refractivity contribution is 0.489. The predicted octanol–water partition coefficient (Wildman–Crippen LogP) is 4.76. The van der Waals surface area contributed by atoms with E-state index in [0.29, 0.717) is 10.2 Å². The molecule has 0 radical (unpaired) electrons. The molecular formula is C12H18BrClO3SSi. The van der Waals surface area contributed by atoms with E-state index in [1.807, 2.05) is 0 Å². The van der Waals surface area contributed by atoms with Crippen LogP contribution < -0.4 is 4.43 Å². The lowest BCUT2D eigenvalue weighted by atomic mass is 10.2. The van der Waals surface area contributed by atoms with E-state index in [4.69, 9.17) is 15.1 Å². The quantitative estimate of drug-likeness (QED) is 0.556. The molecule has 1 rings (SSSR count). The molecule has 19 heavy (non-hydrogen) atoms. The molecule has 0 bridgehead atoms. The summed E-state index contributed by atoms with van der Waals surface area (Å²) in [6, 6.07) is 4.56. The Balaban J connectivity index is 3.13.